The average Bonchev–Trinajstić information content (AvgIpc) is 3.04. The van der Waals surface area contributed by atoms with Crippen molar-refractivity contribution in [1.29, 1.82) is 0 Å². The van der Waals surface area contributed by atoms with Crippen molar-refractivity contribution in [2.45, 2.75) is 49.6 Å². The molecule has 1 fully saturated rings. The summed E-state index contributed by atoms with van der Waals surface area (Å²) in [6, 6.07) is 10.4. The van der Waals surface area contributed by atoms with Crippen molar-refractivity contribution in [3.05, 3.63) is 48.3 Å². The number of aryl methyl sites for hydroxylation is 1. The third-order valence-electron chi connectivity index (χ3n) is 5.18. The van der Waals surface area contributed by atoms with Gasteiger partial charge < -0.3 is 10.1 Å². The third-order valence-corrected chi connectivity index (χ3v) is 6.68. The van der Waals surface area contributed by atoms with E-state index in [0.717, 1.165) is 40.7 Å². The number of aromatic nitrogens is 2. The molecule has 142 valence electrons. The quantitative estimate of drug-likeness (QED) is 0.643. The standard InChI is InChI=1S/C20H23N3O3S/c1-13-12-17-16(10-11-21-20(17)22-13)14-6-8-15(9-7-14)27(25,26)23-18-4-2-3-5-19(18)24/h6-12,18-19,23-24H,2-5H2,1H3,(H,21,22)/t18-,19+/m0/s1. The van der Waals surface area contributed by atoms with Crippen molar-refractivity contribution in [1.82, 2.24) is 14.7 Å². The van der Waals surface area contributed by atoms with Gasteiger partial charge in [0.25, 0.3) is 0 Å². The maximum Gasteiger partial charge on any atom is 0.240 e. The van der Waals surface area contributed by atoms with E-state index in [4.69, 9.17) is 0 Å². The van der Waals surface area contributed by atoms with E-state index < -0.39 is 22.2 Å². The summed E-state index contributed by atoms with van der Waals surface area (Å²) in [6.07, 6.45) is 4.30. The minimum absolute atomic E-state index is 0.208. The largest absolute Gasteiger partial charge is 0.391 e. The summed E-state index contributed by atoms with van der Waals surface area (Å²) in [7, 11) is -3.66. The number of fused-ring (bicyclic) bond motifs is 1. The van der Waals surface area contributed by atoms with Crippen LogP contribution in [-0.4, -0.2) is 35.6 Å². The van der Waals surface area contributed by atoms with E-state index in [2.05, 4.69) is 14.7 Å². The highest BCUT2D eigenvalue weighted by Crippen LogP contribution is 2.29. The van der Waals surface area contributed by atoms with Gasteiger partial charge in [0, 0.05) is 23.3 Å². The fourth-order valence-electron chi connectivity index (χ4n) is 3.74. The highest BCUT2D eigenvalue weighted by Gasteiger charge is 2.28. The van der Waals surface area contributed by atoms with Crippen LogP contribution in [0.4, 0.5) is 0 Å². The number of sulfonamides is 1. The summed E-state index contributed by atoms with van der Waals surface area (Å²) in [5.41, 5.74) is 3.77. The van der Waals surface area contributed by atoms with Gasteiger partial charge in [0.2, 0.25) is 10.0 Å². The zero-order valence-corrected chi connectivity index (χ0v) is 16.0. The summed E-state index contributed by atoms with van der Waals surface area (Å²) in [4.78, 5) is 7.75. The molecular weight excluding hydrogens is 362 g/mol. The molecule has 3 aromatic rings. The van der Waals surface area contributed by atoms with E-state index in [9.17, 15) is 13.5 Å². The van der Waals surface area contributed by atoms with Gasteiger partial charge in [-0.1, -0.05) is 25.0 Å². The van der Waals surface area contributed by atoms with Gasteiger partial charge in [-0.15, -0.1) is 0 Å². The molecule has 0 bridgehead atoms. The Morgan fingerprint density at radius 3 is 2.63 bits per heavy atom. The van der Waals surface area contributed by atoms with Crippen LogP contribution in [0.2, 0.25) is 0 Å². The Labute approximate surface area is 158 Å². The van der Waals surface area contributed by atoms with Crippen molar-refractivity contribution in [2.75, 3.05) is 0 Å². The van der Waals surface area contributed by atoms with E-state index in [1.165, 1.54) is 0 Å². The molecule has 1 aliphatic rings. The summed E-state index contributed by atoms with van der Waals surface area (Å²) in [6.45, 7) is 1.98. The smallest absolute Gasteiger partial charge is 0.240 e. The van der Waals surface area contributed by atoms with Crippen LogP contribution >= 0.6 is 0 Å². The Morgan fingerprint density at radius 1 is 1.15 bits per heavy atom. The zero-order valence-electron chi connectivity index (χ0n) is 15.1. The molecule has 1 aromatic carbocycles. The van der Waals surface area contributed by atoms with E-state index >= 15 is 0 Å². The van der Waals surface area contributed by atoms with Crippen LogP contribution in [-0.2, 0) is 10.0 Å². The summed E-state index contributed by atoms with van der Waals surface area (Å²) >= 11 is 0. The first kappa shape index (κ1) is 18.2. The monoisotopic (exact) mass is 385 g/mol. The molecule has 0 saturated heterocycles. The Morgan fingerprint density at radius 2 is 1.89 bits per heavy atom. The number of hydrogen-bond acceptors (Lipinski definition) is 4. The van der Waals surface area contributed by atoms with E-state index in [0.29, 0.717) is 12.8 Å². The number of benzene rings is 1. The maximum absolute atomic E-state index is 12.7. The van der Waals surface area contributed by atoms with Gasteiger partial charge in [0.1, 0.15) is 5.65 Å². The molecule has 0 spiro atoms. The zero-order chi connectivity index (χ0) is 19.0. The molecular formula is C20H23N3O3S. The highest BCUT2D eigenvalue weighted by atomic mass is 32.2. The Kier molecular flexibility index (Phi) is 4.75. The van der Waals surface area contributed by atoms with Gasteiger partial charge in [0.05, 0.1) is 11.0 Å². The van der Waals surface area contributed by atoms with Crippen LogP contribution < -0.4 is 4.72 Å². The number of rotatable bonds is 4. The number of hydrogen-bond donors (Lipinski definition) is 3. The fourth-order valence-corrected chi connectivity index (χ4v) is 5.04. The van der Waals surface area contributed by atoms with Crippen molar-refractivity contribution < 1.29 is 13.5 Å². The molecule has 4 rings (SSSR count). The average molecular weight is 385 g/mol. The molecule has 2 atom stereocenters. The molecule has 2 aromatic heterocycles. The molecule has 7 heteroatoms. The van der Waals surface area contributed by atoms with Gasteiger partial charge >= 0.3 is 0 Å². The van der Waals surface area contributed by atoms with E-state index in [1.807, 2.05) is 31.2 Å². The summed E-state index contributed by atoms with van der Waals surface area (Å²) in [5, 5.41) is 11.0. The molecule has 27 heavy (non-hydrogen) atoms. The lowest BCUT2D eigenvalue weighted by molar-refractivity contribution is 0.101. The van der Waals surface area contributed by atoms with Crippen molar-refractivity contribution >= 4 is 21.1 Å². The van der Waals surface area contributed by atoms with Crippen LogP contribution in [0.1, 0.15) is 31.4 Å². The van der Waals surface area contributed by atoms with Gasteiger partial charge in [-0.3, -0.25) is 0 Å². The number of H-pyrrole nitrogens is 1. The van der Waals surface area contributed by atoms with Crippen LogP contribution in [0.15, 0.2) is 47.5 Å². The number of nitrogens with one attached hydrogen (secondary N) is 2. The van der Waals surface area contributed by atoms with E-state index in [1.54, 1.807) is 18.3 Å². The summed E-state index contributed by atoms with van der Waals surface area (Å²) < 4.78 is 28.0. The molecule has 0 radical (unpaired) electrons. The Hall–Kier alpha value is -2.22. The Bertz CT molecular complexity index is 1060. The highest BCUT2D eigenvalue weighted by molar-refractivity contribution is 7.89. The summed E-state index contributed by atoms with van der Waals surface area (Å²) in [5.74, 6) is 0. The van der Waals surface area contributed by atoms with Crippen molar-refractivity contribution in [3.63, 3.8) is 0 Å². The van der Waals surface area contributed by atoms with Gasteiger partial charge in [-0.05, 0) is 55.2 Å². The lowest BCUT2D eigenvalue weighted by Crippen LogP contribution is -2.44. The minimum Gasteiger partial charge on any atom is -0.391 e. The Balaban J connectivity index is 1.61. The van der Waals surface area contributed by atoms with Crippen LogP contribution in [0, 0.1) is 6.92 Å². The molecule has 2 heterocycles. The molecule has 3 N–H and O–H groups in total. The lowest BCUT2D eigenvalue weighted by atomic mass is 9.93. The van der Waals surface area contributed by atoms with Gasteiger partial charge in [0.15, 0.2) is 0 Å². The van der Waals surface area contributed by atoms with Crippen LogP contribution in [0.5, 0.6) is 0 Å². The first-order valence-electron chi connectivity index (χ1n) is 9.19. The maximum atomic E-state index is 12.7. The fraction of sp³-hybridized carbons (Fsp3) is 0.350. The minimum atomic E-state index is -3.66. The normalized spacial score (nSPS) is 20.8. The lowest BCUT2D eigenvalue weighted by Gasteiger charge is -2.28. The molecule has 0 amide bonds. The van der Waals surface area contributed by atoms with Gasteiger partial charge in [-0.2, -0.15) is 0 Å². The molecule has 6 nitrogen and oxygen atoms in total. The molecule has 0 aliphatic heterocycles. The predicted molar refractivity (Wildman–Crippen MR) is 105 cm³/mol. The molecule has 1 aliphatic carbocycles. The SMILES string of the molecule is Cc1cc2c(-c3ccc(S(=O)(=O)N[C@H]4CCCC[C@H]4O)cc3)ccnc2[nH]1. The molecule has 1 saturated carbocycles. The van der Waals surface area contributed by atoms with Gasteiger partial charge in [-0.25, -0.2) is 18.1 Å². The second-order valence-corrected chi connectivity index (χ2v) is 8.89. The second-order valence-electron chi connectivity index (χ2n) is 7.18. The number of aromatic amines is 1. The van der Waals surface area contributed by atoms with Crippen LogP contribution in [0.25, 0.3) is 22.2 Å². The third kappa shape index (κ3) is 3.63. The topological polar surface area (TPSA) is 95.1 Å². The number of pyridine rings is 1. The molecule has 0 unspecified atom stereocenters. The van der Waals surface area contributed by atoms with Crippen molar-refractivity contribution in [2.24, 2.45) is 0 Å². The number of aliphatic hydroxyl groups excluding tert-OH is 1. The van der Waals surface area contributed by atoms with Crippen LogP contribution in [0.3, 0.4) is 0 Å². The number of aliphatic hydroxyl groups is 1. The first-order valence-corrected chi connectivity index (χ1v) is 10.7. The first-order chi connectivity index (χ1) is 12.9. The predicted octanol–water partition coefficient (Wildman–Crippen LogP) is 3.12. The van der Waals surface area contributed by atoms with E-state index in [-0.39, 0.29) is 4.90 Å². The second kappa shape index (κ2) is 7.07. The number of nitrogens with zero attached hydrogens (tertiary/aromatic N) is 1. The van der Waals surface area contributed by atoms with Crippen molar-refractivity contribution in [3.8, 4) is 11.1 Å².